The zero-order valence-corrected chi connectivity index (χ0v) is 13.1. The predicted octanol–water partition coefficient (Wildman–Crippen LogP) is 3.90. The third kappa shape index (κ3) is 4.80. The molecule has 0 spiro atoms. The van der Waals surface area contributed by atoms with E-state index in [1.54, 1.807) is 0 Å². The number of terminal acetylenes is 1. The van der Waals surface area contributed by atoms with Crippen molar-refractivity contribution in [2.24, 2.45) is 0 Å². The third-order valence-corrected chi connectivity index (χ3v) is 3.68. The van der Waals surface area contributed by atoms with E-state index in [1.165, 1.54) is 5.56 Å². The molecular formula is C19H19ClO2. The molecule has 0 amide bonds. The molecule has 0 aliphatic rings. The van der Waals surface area contributed by atoms with Crippen LogP contribution in [0.15, 0.2) is 48.5 Å². The molecule has 2 aromatic carbocycles. The summed E-state index contributed by atoms with van der Waals surface area (Å²) in [6.45, 7) is 0.201. The van der Waals surface area contributed by atoms with E-state index < -0.39 is 6.10 Å². The molecule has 0 fully saturated rings. The average Bonchev–Trinajstić information content (AvgIpc) is 2.58. The second-order valence-electron chi connectivity index (χ2n) is 5.04. The first-order valence-electron chi connectivity index (χ1n) is 7.22. The van der Waals surface area contributed by atoms with Crippen molar-refractivity contribution >= 4 is 11.6 Å². The lowest BCUT2D eigenvalue weighted by Gasteiger charge is -2.10. The highest BCUT2D eigenvalue weighted by Crippen LogP contribution is 2.23. The van der Waals surface area contributed by atoms with Crippen LogP contribution in [-0.2, 0) is 6.42 Å². The molecule has 1 N–H and O–H groups in total. The number of hydrogen-bond acceptors (Lipinski definition) is 2. The lowest BCUT2D eigenvalue weighted by molar-refractivity contribution is 0.125. The lowest BCUT2D eigenvalue weighted by atomic mass is 10.0. The SMILES string of the molecule is C#CCCc1ccc(-c2ccc(OCC(O)CCl)cc2)cc1. The van der Waals surface area contributed by atoms with Gasteiger partial charge in [0.1, 0.15) is 18.5 Å². The number of hydrogen-bond donors (Lipinski definition) is 1. The molecule has 0 heterocycles. The van der Waals surface area contributed by atoms with Crippen LogP contribution in [0.2, 0.25) is 0 Å². The molecule has 0 saturated carbocycles. The molecule has 1 unspecified atom stereocenters. The Bertz CT molecular complexity index is 611. The summed E-state index contributed by atoms with van der Waals surface area (Å²) in [6, 6.07) is 16.2. The van der Waals surface area contributed by atoms with E-state index in [2.05, 4.69) is 30.2 Å². The molecule has 114 valence electrons. The summed E-state index contributed by atoms with van der Waals surface area (Å²) in [5, 5.41) is 9.37. The zero-order valence-electron chi connectivity index (χ0n) is 12.3. The van der Waals surface area contributed by atoms with E-state index in [0.29, 0.717) is 0 Å². The summed E-state index contributed by atoms with van der Waals surface area (Å²) in [4.78, 5) is 0. The van der Waals surface area contributed by atoms with Crippen LogP contribution < -0.4 is 4.74 Å². The van der Waals surface area contributed by atoms with Crippen molar-refractivity contribution in [2.75, 3.05) is 12.5 Å². The Kier molecular flexibility index (Phi) is 6.33. The molecule has 3 heteroatoms. The van der Waals surface area contributed by atoms with Gasteiger partial charge in [-0.15, -0.1) is 23.9 Å². The number of benzene rings is 2. The first-order valence-corrected chi connectivity index (χ1v) is 7.76. The third-order valence-electron chi connectivity index (χ3n) is 3.32. The molecule has 2 nitrogen and oxygen atoms in total. The smallest absolute Gasteiger partial charge is 0.119 e. The Morgan fingerprint density at radius 3 is 2.18 bits per heavy atom. The highest BCUT2D eigenvalue weighted by molar-refractivity contribution is 6.18. The van der Waals surface area contributed by atoms with Gasteiger partial charge in [0, 0.05) is 6.42 Å². The van der Waals surface area contributed by atoms with Crippen LogP contribution in [0.3, 0.4) is 0 Å². The highest BCUT2D eigenvalue weighted by Gasteiger charge is 2.04. The van der Waals surface area contributed by atoms with E-state index in [4.69, 9.17) is 22.8 Å². The van der Waals surface area contributed by atoms with Gasteiger partial charge in [-0.05, 0) is 35.2 Å². The normalized spacial score (nSPS) is 11.7. The van der Waals surface area contributed by atoms with Gasteiger partial charge in [0.05, 0.1) is 5.88 Å². The maximum atomic E-state index is 9.37. The van der Waals surface area contributed by atoms with Gasteiger partial charge in [0.25, 0.3) is 0 Å². The van der Waals surface area contributed by atoms with Crippen LogP contribution in [0.4, 0.5) is 0 Å². The maximum Gasteiger partial charge on any atom is 0.119 e. The summed E-state index contributed by atoms with van der Waals surface area (Å²) < 4.78 is 5.46. The molecule has 1 atom stereocenters. The van der Waals surface area contributed by atoms with E-state index >= 15 is 0 Å². The van der Waals surface area contributed by atoms with E-state index in [-0.39, 0.29) is 12.5 Å². The minimum Gasteiger partial charge on any atom is -0.491 e. The van der Waals surface area contributed by atoms with Crippen LogP contribution in [0, 0.1) is 12.3 Å². The van der Waals surface area contributed by atoms with Crippen LogP contribution in [0.25, 0.3) is 11.1 Å². The van der Waals surface area contributed by atoms with Crippen molar-refractivity contribution in [1.29, 1.82) is 0 Å². The molecule has 0 radical (unpaired) electrons. The Labute approximate surface area is 136 Å². The van der Waals surface area contributed by atoms with Gasteiger partial charge in [-0.3, -0.25) is 0 Å². The molecular weight excluding hydrogens is 296 g/mol. The number of aliphatic hydroxyl groups is 1. The second kappa shape index (κ2) is 8.48. The van der Waals surface area contributed by atoms with Gasteiger partial charge in [-0.2, -0.15) is 0 Å². The fourth-order valence-electron chi connectivity index (χ4n) is 2.06. The largest absolute Gasteiger partial charge is 0.491 e. The van der Waals surface area contributed by atoms with Crippen LogP contribution in [0.1, 0.15) is 12.0 Å². The van der Waals surface area contributed by atoms with E-state index in [0.717, 1.165) is 29.7 Å². The van der Waals surface area contributed by atoms with Crippen LogP contribution >= 0.6 is 11.6 Å². The quantitative estimate of drug-likeness (QED) is 0.620. The van der Waals surface area contributed by atoms with Crippen molar-refractivity contribution in [1.82, 2.24) is 0 Å². The van der Waals surface area contributed by atoms with Crippen molar-refractivity contribution in [3.05, 3.63) is 54.1 Å². The molecule has 22 heavy (non-hydrogen) atoms. The molecule has 2 aromatic rings. The van der Waals surface area contributed by atoms with Gasteiger partial charge < -0.3 is 9.84 Å². The minimum atomic E-state index is -0.642. The summed E-state index contributed by atoms with van der Waals surface area (Å²) in [7, 11) is 0. The Morgan fingerprint density at radius 1 is 1.05 bits per heavy atom. The Balaban J connectivity index is 1.99. The Morgan fingerprint density at radius 2 is 1.64 bits per heavy atom. The average molecular weight is 315 g/mol. The molecule has 0 aliphatic carbocycles. The van der Waals surface area contributed by atoms with Gasteiger partial charge in [0.2, 0.25) is 0 Å². The van der Waals surface area contributed by atoms with Crippen molar-refractivity contribution in [3.63, 3.8) is 0 Å². The van der Waals surface area contributed by atoms with Crippen LogP contribution in [0.5, 0.6) is 5.75 Å². The van der Waals surface area contributed by atoms with E-state index in [9.17, 15) is 5.11 Å². The maximum absolute atomic E-state index is 9.37. The number of aryl methyl sites for hydroxylation is 1. The summed E-state index contributed by atoms with van der Waals surface area (Å²) in [6.07, 6.45) is 6.31. The fraction of sp³-hybridized carbons (Fsp3) is 0.263. The number of ether oxygens (including phenoxy) is 1. The second-order valence-corrected chi connectivity index (χ2v) is 5.35. The van der Waals surface area contributed by atoms with E-state index in [1.807, 2.05) is 24.3 Å². The molecule has 0 aromatic heterocycles. The first kappa shape index (κ1) is 16.4. The van der Waals surface area contributed by atoms with Crippen LogP contribution in [-0.4, -0.2) is 23.7 Å². The lowest BCUT2D eigenvalue weighted by Crippen LogP contribution is -2.18. The standard InChI is InChI=1S/C19H19ClO2/c1-2-3-4-15-5-7-16(8-6-15)17-9-11-19(12-10-17)22-14-18(21)13-20/h1,5-12,18,21H,3-4,13-14H2. The number of halogens is 1. The fourth-order valence-corrected chi connectivity index (χ4v) is 2.15. The summed E-state index contributed by atoms with van der Waals surface area (Å²) in [5.41, 5.74) is 3.52. The number of alkyl halides is 1. The minimum absolute atomic E-state index is 0.171. The van der Waals surface area contributed by atoms with Gasteiger partial charge >= 0.3 is 0 Å². The summed E-state index contributed by atoms with van der Waals surface area (Å²) >= 11 is 5.53. The summed E-state index contributed by atoms with van der Waals surface area (Å²) in [5.74, 6) is 3.54. The van der Waals surface area contributed by atoms with Crippen molar-refractivity contribution in [3.8, 4) is 29.2 Å². The van der Waals surface area contributed by atoms with Gasteiger partial charge in [0.15, 0.2) is 0 Å². The van der Waals surface area contributed by atoms with Gasteiger partial charge in [-0.25, -0.2) is 0 Å². The molecule has 2 rings (SSSR count). The number of aliphatic hydroxyl groups excluding tert-OH is 1. The Hall–Kier alpha value is -1.95. The highest BCUT2D eigenvalue weighted by atomic mass is 35.5. The monoisotopic (exact) mass is 314 g/mol. The predicted molar refractivity (Wildman–Crippen MR) is 91.3 cm³/mol. The molecule has 0 saturated heterocycles. The zero-order chi connectivity index (χ0) is 15.8. The molecule has 0 bridgehead atoms. The first-order chi connectivity index (χ1) is 10.7. The molecule has 0 aliphatic heterocycles. The number of rotatable bonds is 7. The van der Waals surface area contributed by atoms with Crippen molar-refractivity contribution < 1.29 is 9.84 Å². The van der Waals surface area contributed by atoms with Crippen molar-refractivity contribution in [2.45, 2.75) is 18.9 Å². The topological polar surface area (TPSA) is 29.5 Å². The van der Waals surface area contributed by atoms with Gasteiger partial charge in [-0.1, -0.05) is 36.4 Å².